The van der Waals surface area contributed by atoms with Gasteiger partial charge >= 0.3 is 0 Å². The van der Waals surface area contributed by atoms with Gasteiger partial charge in [0.25, 0.3) is 0 Å². The van der Waals surface area contributed by atoms with Crippen molar-refractivity contribution in [2.75, 3.05) is 13.2 Å². The molecule has 7 heteroatoms. The first-order valence-electron chi connectivity index (χ1n) is 5.52. The van der Waals surface area contributed by atoms with Crippen LogP contribution in [-0.2, 0) is 14.3 Å². The summed E-state index contributed by atoms with van der Waals surface area (Å²) < 4.78 is 10.5. The molecule has 5 atom stereocenters. The Bertz CT molecular complexity index is 261. The van der Waals surface area contributed by atoms with Gasteiger partial charge in [-0.1, -0.05) is 0 Å². The minimum atomic E-state index is -1.27. The van der Waals surface area contributed by atoms with Crippen molar-refractivity contribution in [2.24, 2.45) is 0 Å². The van der Waals surface area contributed by atoms with Crippen LogP contribution in [0.4, 0.5) is 0 Å². The summed E-state index contributed by atoms with van der Waals surface area (Å²) in [4.78, 5) is 11.0. The summed E-state index contributed by atoms with van der Waals surface area (Å²) >= 11 is 0. The smallest absolute Gasteiger partial charge is 0.217 e. The molecule has 17 heavy (non-hydrogen) atoms. The van der Waals surface area contributed by atoms with Crippen LogP contribution in [0.15, 0.2) is 0 Å². The van der Waals surface area contributed by atoms with Crippen molar-refractivity contribution in [1.82, 2.24) is 5.32 Å². The second-order valence-electron chi connectivity index (χ2n) is 3.89. The molecule has 1 heterocycles. The molecular weight excluding hydrogens is 230 g/mol. The van der Waals surface area contributed by atoms with Crippen molar-refractivity contribution >= 4 is 5.91 Å². The van der Waals surface area contributed by atoms with Gasteiger partial charge in [-0.25, -0.2) is 0 Å². The van der Waals surface area contributed by atoms with Gasteiger partial charge in [-0.05, 0) is 6.92 Å². The van der Waals surface area contributed by atoms with Gasteiger partial charge in [0.15, 0.2) is 6.29 Å². The van der Waals surface area contributed by atoms with Crippen LogP contribution in [0.3, 0.4) is 0 Å². The molecule has 0 spiro atoms. The lowest BCUT2D eigenvalue weighted by molar-refractivity contribution is -0.268. The summed E-state index contributed by atoms with van der Waals surface area (Å²) in [6.07, 6.45) is -4.33. The van der Waals surface area contributed by atoms with Crippen molar-refractivity contribution < 1.29 is 29.6 Å². The van der Waals surface area contributed by atoms with Gasteiger partial charge < -0.3 is 30.1 Å². The van der Waals surface area contributed by atoms with Gasteiger partial charge in [0.1, 0.15) is 24.4 Å². The van der Waals surface area contributed by atoms with Crippen LogP contribution >= 0.6 is 0 Å². The number of rotatable bonds is 4. The van der Waals surface area contributed by atoms with Crippen molar-refractivity contribution in [3.05, 3.63) is 0 Å². The molecule has 1 amide bonds. The van der Waals surface area contributed by atoms with E-state index in [1.165, 1.54) is 6.92 Å². The molecule has 1 aliphatic heterocycles. The molecule has 100 valence electrons. The van der Waals surface area contributed by atoms with Crippen LogP contribution < -0.4 is 5.32 Å². The van der Waals surface area contributed by atoms with Crippen molar-refractivity contribution in [1.29, 1.82) is 0 Å². The quantitative estimate of drug-likeness (QED) is 0.457. The topological polar surface area (TPSA) is 108 Å². The Morgan fingerprint density at radius 1 is 1.41 bits per heavy atom. The molecule has 0 aromatic carbocycles. The van der Waals surface area contributed by atoms with E-state index in [4.69, 9.17) is 14.6 Å². The highest BCUT2D eigenvalue weighted by Crippen LogP contribution is 2.21. The van der Waals surface area contributed by atoms with Crippen molar-refractivity contribution in [3.8, 4) is 0 Å². The Balaban J connectivity index is 2.78. The molecule has 1 fully saturated rings. The third-order valence-corrected chi connectivity index (χ3v) is 2.58. The minimum absolute atomic E-state index is 0.321. The predicted molar refractivity (Wildman–Crippen MR) is 57.0 cm³/mol. The number of carbonyl (C=O) groups excluding carboxylic acids is 1. The highest BCUT2D eigenvalue weighted by Gasteiger charge is 2.45. The normalized spacial score (nSPS) is 37.8. The maximum atomic E-state index is 11.0. The summed E-state index contributed by atoms with van der Waals surface area (Å²) in [7, 11) is 0. The Hall–Kier alpha value is -0.730. The summed E-state index contributed by atoms with van der Waals surface area (Å²) in [5.74, 6) is -0.364. The fourth-order valence-corrected chi connectivity index (χ4v) is 1.78. The first-order valence-corrected chi connectivity index (χ1v) is 5.52. The monoisotopic (exact) mass is 249 g/mol. The minimum Gasteiger partial charge on any atom is -0.394 e. The van der Waals surface area contributed by atoms with E-state index < -0.39 is 37.3 Å². The molecule has 0 unspecified atom stereocenters. The molecular formula is C10H19NO6. The molecule has 1 saturated heterocycles. The van der Waals surface area contributed by atoms with Gasteiger partial charge in [-0.15, -0.1) is 0 Å². The standard InChI is InChI=1S/C10H19NO6/c1-3-16-10-7(11-5(2)13)9(15)8(14)6(4-12)17-10/h6-10,12,14-15H,3-4H2,1-2H3,(H,11,13)/t6-,7+,8+,9+,10-/m1/s1. The van der Waals surface area contributed by atoms with E-state index in [0.717, 1.165) is 0 Å². The van der Waals surface area contributed by atoms with E-state index in [0.29, 0.717) is 6.61 Å². The van der Waals surface area contributed by atoms with Gasteiger partial charge in [-0.2, -0.15) is 0 Å². The van der Waals surface area contributed by atoms with E-state index in [1.54, 1.807) is 6.92 Å². The Labute approximate surface area is 99.3 Å². The van der Waals surface area contributed by atoms with Crippen LogP contribution in [0, 0.1) is 0 Å². The average molecular weight is 249 g/mol. The Morgan fingerprint density at radius 3 is 2.53 bits per heavy atom. The molecule has 1 aliphatic rings. The van der Waals surface area contributed by atoms with Gasteiger partial charge in [0.05, 0.1) is 6.61 Å². The zero-order valence-corrected chi connectivity index (χ0v) is 9.87. The highest BCUT2D eigenvalue weighted by atomic mass is 16.7. The van der Waals surface area contributed by atoms with Gasteiger partial charge in [0.2, 0.25) is 5.91 Å². The fraction of sp³-hybridized carbons (Fsp3) is 0.900. The number of hydrogen-bond donors (Lipinski definition) is 4. The SMILES string of the molecule is CCO[C@@H]1O[C@H](CO)[C@H](O)[C@@H](O)[C@@H]1NC(C)=O. The fourth-order valence-electron chi connectivity index (χ4n) is 1.78. The highest BCUT2D eigenvalue weighted by molar-refractivity contribution is 5.73. The lowest BCUT2D eigenvalue weighted by atomic mass is 9.97. The van der Waals surface area contributed by atoms with E-state index in [-0.39, 0.29) is 5.91 Å². The molecule has 1 rings (SSSR count). The summed E-state index contributed by atoms with van der Waals surface area (Å²) in [6, 6.07) is -0.856. The molecule has 0 radical (unpaired) electrons. The first kappa shape index (κ1) is 14.3. The molecule has 4 N–H and O–H groups in total. The number of ether oxygens (including phenoxy) is 2. The molecule has 7 nitrogen and oxygen atoms in total. The maximum Gasteiger partial charge on any atom is 0.217 e. The number of hydrogen-bond acceptors (Lipinski definition) is 6. The zero-order valence-electron chi connectivity index (χ0n) is 9.87. The van der Waals surface area contributed by atoms with Crippen LogP contribution in [0.25, 0.3) is 0 Å². The van der Waals surface area contributed by atoms with Crippen LogP contribution in [0.1, 0.15) is 13.8 Å². The van der Waals surface area contributed by atoms with E-state index in [1.807, 2.05) is 0 Å². The molecule has 0 aromatic heterocycles. The lowest BCUT2D eigenvalue weighted by Crippen LogP contribution is -2.64. The first-order chi connectivity index (χ1) is 8.01. The van der Waals surface area contributed by atoms with Crippen molar-refractivity contribution in [3.63, 3.8) is 0 Å². The van der Waals surface area contributed by atoms with E-state index in [9.17, 15) is 15.0 Å². The molecule has 0 saturated carbocycles. The number of nitrogens with one attached hydrogen (secondary N) is 1. The number of aliphatic hydroxyl groups is 3. The van der Waals surface area contributed by atoms with E-state index >= 15 is 0 Å². The van der Waals surface area contributed by atoms with Crippen LogP contribution in [-0.4, -0.2) is 65.1 Å². The van der Waals surface area contributed by atoms with E-state index in [2.05, 4.69) is 5.32 Å². The summed E-state index contributed by atoms with van der Waals surface area (Å²) in [5, 5.41) is 31.0. The molecule has 0 aromatic rings. The largest absolute Gasteiger partial charge is 0.394 e. The Kier molecular flexibility index (Phi) is 5.29. The maximum absolute atomic E-state index is 11.0. The second kappa shape index (κ2) is 6.27. The molecule has 0 aliphatic carbocycles. The molecule has 0 bridgehead atoms. The predicted octanol–water partition coefficient (Wildman–Crippen LogP) is -2.03. The van der Waals surface area contributed by atoms with Gasteiger partial charge in [-0.3, -0.25) is 4.79 Å². The zero-order chi connectivity index (χ0) is 13.0. The number of carbonyl (C=O) groups is 1. The number of amides is 1. The third kappa shape index (κ3) is 3.36. The average Bonchev–Trinajstić information content (AvgIpc) is 2.28. The number of aliphatic hydroxyl groups excluding tert-OH is 3. The summed E-state index contributed by atoms with van der Waals surface area (Å²) in [5.41, 5.74) is 0. The summed E-state index contributed by atoms with van der Waals surface area (Å²) in [6.45, 7) is 2.91. The van der Waals surface area contributed by atoms with Crippen LogP contribution in [0.5, 0.6) is 0 Å². The van der Waals surface area contributed by atoms with Crippen LogP contribution in [0.2, 0.25) is 0 Å². The third-order valence-electron chi connectivity index (χ3n) is 2.58. The lowest BCUT2D eigenvalue weighted by Gasteiger charge is -2.42. The second-order valence-corrected chi connectivity index (χ2v) is 3.89. The Morgan fingerprint density at radius 2 is 2.06 bits per heavy atom. The van der Waals surface area contributed by atoms with Crippen molar-refractivity contribution in [2.45, 2.75) is 44.5 Å². The van der Waals surface area contributed by atoms with Gasteiger partial charge in [0, 0.05) is 13.5 Å².